The molecule has 4 amide bonds. The minimum absolute atomic E-state index is 0.122. The van der Waals surface area contributed by atoms with Crippen molar-refractivity contribution in [2.45, 2.75) is 38.6 Å². The van der Waals surface area contributed by atoms with Gasteiger partial charge in [0.15, 0.2) is 0 Å². The van der Waals surface area contributed by atoms with Crippen molar-refractivity contribution in [3.63, 3.8) is 0 Å². The number of hydrogen-bond donors (Lipinski definition) is 2. The lowest BCUT2D eigenvalue weighted by molar-refractivity contribution is -0.121. The van der Waals surface area contributed by atoms with Gasteiger partial charge in [-0.15, -0.1) is 0 Å². The maximum Gasteiger partial charge on any atom is 0.321 e. The van der Waals surface area contributed by atoms with E-state index in [1.165, 1.54) is 6.42 Å². The molecule has 1 heterocycles. The SMILES string of the molecule is CC1CCCCC1NC(=O)NC(=O)CN1CCN(C(=O)c2ccc(Cl)cc2Cl)CC1. The van der Waals surface area contributed by atoms with Gasteiger partial charge in [0, 0.05) is 37.2 Å². The number of nitrogens with one attached hydrogen (secondary N) is 2. The molecule has 1 aliphatic heterocycles. The molecule has 1 saturated heterocycles. The van der Waals surface area contributed by atoms with Gasteiger partial charge in [-0.3, -0.25) is 19.8 Å². The topological polar surface area (TPSA) is 81.8 Å². The molecule has 1 aromatic rings. The molecule has 2 aliphatic rings. The average Bonchev–Trinajstić information content (AvgIpc) is 2.70. The van der Waals surface area contributed by atoms with Gasteiger partial charge in [0.1, 0.15) is 0 Å². The van der Waals surface area contributed by atoms with Crippen molar-refractivity contribution < 1.29 is 14.4 Å². The van der Waals surface area contributed by atoms with Crippen LogP contribution in [0.15, 0.2) is 18.2 Å². The van der Waals surface area contributed by atoms with Gasteiger partial charge in [-0.25, -0.2) is 4.79 Å². The van der Waals surface area contributed by atoms with Crippen LogP contribution in [0.1, 0.15) is 43.0 Å². The van der Waals surface area contributed by atoms with Crippen LogP contribution in [0.25, 0.3) is 0 Å². The van der Waals surface area contributed by atoms with Crippen molar-refractivity contribution in [1.29, 1.82) is 0 Å². The number of carbonyl (C=O) groups is 3. The third-order valence-electron chi connectivity index (χ3n) is 5.87. The van der Waals surface area contributed by atoms with E-state index in [0.717, 1.165) is 19.3 Å². The van der Waals surface area contributed by atoms with Gasteiger partial charge in [0.25, 0.3) is 5.91 Å². The highest BCUT2D eigenvalue weighted by atomic mass is 35.5. The Balaban J connectivity index is 1.42. The second-order valence-electron chi connectivity index (χ2n) is 8.08. The van der Waals surface area contributed by atoms with E-state index >= 15 is 0 Å². The van der Waals surface area contributed by atoms with Gasteiger partial charge >= 0.3 is 6.03 Å². The van der Waals surface area contributed by atoms with Crippen LogP contribution in [0.2, 0.25) is 10.0 Å². The van der Waals surface area contributed by atoms with E-state index in [9.17, 15) is 14.4 Å². The number of nitrogens with zero attached hydrogens (tertiary/aromatic N) is 2. The van der Waals surface area contributed by atoms with Crippen LogP contribution in [0.5, 0.6) is 0 Å². The quantitative estimate of drug-likeness (QED) is 0.731. The Morgan fingerprint density at radius 2 is 1.77 bits per heavy atom. The minimum atomic E-state index is -0.426. The summed E-state index contributed by atoms with van der Waals surface area (Å²) in [5, 5.41) is 6.16. The van der Waals surface area contributed by atoms with Crippen LogP contribution < -0.4 is 10.6 Å². The summed E-state index contributed by atoms with van der Waals surface area (Å²) < 4.78 is 0. The lowest BCUT2D eigenvalue weighted by Gasteiger charge is -2.34. The van der Waals surface area contributed by atoms with Gasteiger partial charge < -0.3 is 10.2 Å². The van der Waals surface area contributed by atoms with E-state index in [1.807, 2.05) is 4.90 Å². The molecule has 0 bridgehead atoms. The van der Waals surface area contributed by atoms with Crippen molar-refractivity contribution >= 4 is 41.0 Å². The van der Waals surface area contributed by atoms with Crippen LogP contribution in [-0.2, 0) is 4.79 Å². The Hall–Kier alpha value is -1.83. The van der Waals surface area contributed by atoms with Crippen LogP contribution in [0, 0.1) is 5.92 Å². The summed E-state index contributed by atoms with van der Waals surface area (Å²) in [6.45, 7) is 4.31. The number of hydrogen-bond acceptors (Lipinski definition) is 4. The zero-order valence-electron chi connectivity index (χ0n) is 17.1. The van der Waals surface area contributed by atoms with Crippen LogP contribution >= 0.6 is 23.2 Å². The van der Waals surface area contributed by atoms with Gasteiger partial charge in [0.2, 0.25) is 5.91 Å². The molecule has 0 aromatic heterocycles. The first-order valence-electron chi connectivity index (χ1n) is 10.4. The second kappa shape index (κ2) is 10.5. The van der Waals surface area contributed by atoms with E-state index in [0.29, 0.717) is 47.7 Å². The maximum absolute atomic E-state index is 12.7. The first-order valence-corrected chi connectivity index (χ1v) is 11.2. The number of urea groups is 1. The minimum Gasteiger partial charge on any atom is -0.336 e. The number of carbonyl (C=O) groups excluding carboxylic acids is 3. The molecule has 1 saturated carbocycles. The van der Waals surface area contributed by atoms with E-state index in [1.54, 1.807) is 23.1 Å². The van der Waals surface area contributed by atoms with E-state index < -0.39 is 6.03 Å². The van der Waals surface area contributed by atoms with Gasteiger partial charge in [0.05, 0.1) is 17.1 Å². The lowest BCUT2D eigenvalue weighted by Crippen LogP contribution is -2.53. The zero-order valence-corrected chi connectivity index (χ0v) is 18.6. The third kappa shape index (κ3) is 6.09. The summed E-state index contributed by atoms with van der Waals surface area (Å²) in [4.78, 5) is 40.7. The number of halogens is 2. The van der Waals surface area contributed by atoms with Crippen LogP contribution in [0.4, 0.5) is 4.79 Å². The smallest absolute Gasteiger partial charge is 0.321 e. The largest absolute Gasteiger partial charge is 0.336 e. The van der Waals surface area contributed by atoms with Gasteiger partial charge in [-0.1, -0.05) is 43.0 Å². The Bertz CT molecular complexity index is 796. The second-order valence-corrected chi connectivity index (χ2v) is 8.93. The van der Waals surface area contributed by atoms with Crippen molar-refractivity contribution in [3.8, 4) is 0 Å². The van der Waals surface area contributed by atoms with Crippen molar-refractivity contribution in [3.05, 3.63) is 33.8 Å². The van der Waals surface area contributed by atoms with Crippen molar-refractivity contribution in [2.75, 3.05) is 32.7 Å². The number of rotatable bonds is 4. The molecule has 0 radical (unpaired) electrons. The average molecular weight is 455 g/mol. The molecule has 3 rings (SSSR count). The maximum atomic E-state index is 12.7. The summed E-state index contributed by atoms with van der Waals surface area (Å²) >= 11 is 12.0. The number of piperazine rings is 1. The summed E-state index contributed by atoms with van der Waals surface area (Å²) in [6, 6.07) is 4.51. The Morgan fingerprint density at radius 1 is 1.07 bits per heavy atom. The zero-order chi connectivity index (χ0) is 21.7. The number of amides is 4. The highest BCUT2D eigenvalue weighted by Gasteiger charge is 2.26. The highest BCUT2D eigenvalue weighted by molar-refractivity contribution is 6.36. The summed E-state index contributed by atoms with van der Waals surface area (Å²) in [5.41, 5.74) is 0.417. The molecular weight excluding hydrogens is 427 g/mol. The number of imide groups is 1. The van der Waals surface area contributed by atoms with E-state index in [2.05, 4.69) is 17.6 Å². The summed E-state index contributed by atoms with van der Waals surface area (Å²) in [5.74, 6) is -0.0578. The molecule has 1 aromatic carbocycles. The fourth-order valence-corrected chi connectivity index (χ4v) is 4.54. The molecule has 2 fully saturated rings. The Morgan fingerprint density at radius 3 is 2.43 bits per heavy atom. The van der Waals surface area contributed by atoms with E-state index in [4.69, 9.17) is 23.2 Å². The molecule has 0 spiro atoms. The molecule has 164 valence electrons. The first-order chi connectivity index (χ1) is 14.3. The fraction of sp³-hybridized carbons (Fsp3) is 0.571. The predicted molar refractivity (Wildman–Crippen MR) is 117 cm³/mol. The first kappa shape index (κ1) is 22.8. The van der Waals surface area contributed by atoms with Crippen molar-refractivity contribution in [2.24, 2.45) is 5.92 Å². The Labute approximate surface area is 187 Å². The van der Waals surface area contributed by atoms with Gasteiger partial charge in [-0.2, -0.15) is 0 Å². The van der Waals surface area contributed by atoms with Crippen molar-refractivity contribution in [1.82, 2.24) is 20.4 Å². The summed E-state index contributed by atoms with van der Waals surface area (Å²) in [7, 11) is 0. The van der Waals surface area contributed by atoms with E-state index in [-0.39, 0.29) is 24.4 Å². The molecule has 2 unspecified atom stereocenters. The predicted octanol–water partition coefficient (Wildman–Crippen LogP) is 3.16. The summed E-state index contributed by atoms with van der Waals surface area (Å²) in [6.07, 6.45) is 4.35. The van der Waals surface area contributed by atoms with Crippen LogP contribution in [0.3, 0.4) is 0 Å². The van der Waals surface area contributed by atoms with Crippen LogP contribution in [-0.4, -0.2) is 66.4 Å². The normalized spacial score (nSPS) is 22.4. The monoisotopic (exact) mass is 454 g/mol. The molecule has 2 atom stereocenters. The van der Waals surface area contributed by atoms with Gasteiger partial charge in [-0.05, 0) is 37.0 Å². The lowest BCUT2D eigenvalue weighted by atomic mass is 9.86. The Kier molecular flexibility index (Phi) is 7.97. The fourth-order valence-electron chi connectivity index (χ4n) is 4.05. The molecular formula is C21H28Cl2N4O3. The molecule has 7 nitrogen and oxygen atoms in total. The molecule has 2 N–H and O–H groups in total. The molecule has 1 aliphatic carbocycles. The molecule has 30 heavy (non-hydrogen) atoms. The highest BCUT2D eigenvalue weighted by Crippen LogP contribution is 2.24. The number of benzene rings is 1. The standard InChI is InChI=1S/C21H28Cl2N4O3/c1-14-4-2-3-5-18(14)24-21(30)25-19(28)13-26-8-10-27(11-9-26)20(29)16-7-6-15(22)12-17(16)23/h6-7,12,14,18H,2-5,8-11,13H2,1H3,(H2,24,25,28,30). The molecule has 9 heteroatoms. The third-order valence-corrected chi connectivity index (χ3v) is 6.42.